The van der Waals surface area contributed by atoms with Crippen LogP contribution in [0.2, 0.25) is 5.02 Å². The SMILES string of the molecule is C[C@@H]1c2nnc(-c3nc(C4CC4)ns3)n2CCN1C(=O)c1ccc(F)cc1Cl. The molecule has 1 fully saturated rings. The molecule has 1 saturated carbocycles. The van der Waals surface area contributed by atoms with Crippen molar-refractivity contribution in [3.05, 3.63) is 46.3 Å². The standard InChI is InChI=1S/C18H16ClFN6OS/c1-9-15-22-23-16(17-21-14(24-28-17)10-2-3-10)26(15)7-6-25(9)18(27)12-5-4-11(20)8-13(12)19/h4-5,8-10H,2-3,6-7H2,1H3/t9-/m1/s1. The van der Waals surface area contributed by atoms with E-state index >= 15 is 0 Å². The lowest BCUT2D eigenvalue weighted by molar-refractivity contribution is 0.0638. The van der Waals surface area contributed by atoms with Crippen LogP contribution in [0.15, 0.2) is 18.2 Å². The number of aromatic nitrogens is 5. The molecule has 1 amide bonds. The molecule has 2 aromatic heterocycles. The number of hydrogen-bond acceptors (Lipinski definition) is 6. The summed E-state index contributed by atoms with van der Waals surface area (Å²) in [5, 5.41) is 9.49. The van der Waals surface area contributed by atoms with Gasteiger partial charge in [-0.3, -0.25) is 4.79 Å². The van der Waals surface area contributed by atoms with E-state index in [4.69, 9.17) is 11.6 Å². The number of amides is 1. The second-order valence-corrected chi connectivity index (χ2v) is 8.22. The van der Waals surface area contributed by atoms with E-state index < -0.39 is 5.82 Å². The monoisotopic (exact) mass is 418 g/mol. The quantitative estimate of drug-likeness (QED) is 0.648. The number of carbonyl (C=O) groups is 1. The Balaban J connectivity index is 1.43. The van der Waals surface area contributed by atoms with Gasteiger partial charge in [-0.1, -0.05) is 11.6 Å². The molecule has 144 valence electrons. The first-order valence-electron chi connectivity index (χ1n) is 9.06. The van der Waals surface area contributed by atoms with Gasteiger partial charge in [0.05, 0.1) is 16.6 Å². The average Bonchev–Trinajstić information content (AvgIpc) is 3.24. The molecule has 10 heteroatoms. The average molecular weight is 419 g/mol. The Kier molecular flexibility index (Phi) is 4.17. The zero-order chi connectivity index (χ0) is 19.4. The molecular formula is C18H16ClFN6OS. The van der Waals surface area contributed by atoms with Gasteiger partial charge in [-0.15, -0.1) is 10.2 Å². The fourth-order valence-electron chi connectivity index (χ4n) is 3.47. The topological polar surface area (TPSA) is 76.8 Å². The van der Waals surface area contributed by atoms with E-state index in [2.05, 4.69) is 19.6 Å². The van der Waals surface area contributed by atoms with Crippen LogP contribution in [0.3, 0.4) is 0 Å². The molecule has 1 aliphatic heterocycles. The Bertz CT molecular complexity index is 1080. The van der Waals surface area contributed by atoms with Crippen molar-refractivity contribution < 1.29 is 9.18 Å². The molecule has 1 aromatic carbocycles. The number of carbonyl (C=O) groups excluding carboxylic acids is 1. The van der Waals surface area contributed by atoms with E-state index in [1.807, 2.05) is 11.5 Å². The van der Waals surface area contributed by atoms with Gasteiger partial charge in [-0.2, -0.15) is 4.37 Å². The molecule has 28 heavy (non-hydrogen) atoms. The Morgan fingerprint density at radius 3 is 2.86 bits per heavy atom. The minimum absolute atomic E-state index is 0.103. The molecular weight excluding hydrogens is 403 g/mol. The molecule has 1 atom stereocenters. The zero-order valence-corrected chi connectivity index (χ0v) is 16.5. The summed E-state index contributed by atoms with van der Waals surface area (Å²) in [5.41, 5.74) is 0.279. The molecule has 0 bridgehead atoms. The van der Waals surface area contributed by atoms with E-state index in [1.54, 1.807) is 4.90 Å². The summed E-state index contributed by atoms with van der Waals surface area (Å²) in [6, 6.07) is 3.51. The van der Waals surface area contributed by atoms with Gasteiger partial charge in [0.2, 0.25) is 0 Å². The van der Waals surface area contributed by atoms with Gasteiger partial charge < -0.3 is 9.47 Å². The van der Waals surface area contributed by atoms with Gasteiger partial charge in [-0.25, -0.2) is 9.37 Å². The van der Waals surface area contributed by atoms with Gasteiger partial charge in [0, 0.05) is 19.0 Å². The maximum absolute atomic E-state index is 13.3. The third kappa shape index (κ3) is 2.89. The van der Waals surface area contributed by atoms with Crippen molar-refractivity contribution in [3.8, 4) is 10.8 Å². The van der Waals surface area contributed by atoms with E-state index in [1.165, 1.54) is 23.7 Å². The van der Waals surface area contributed by atoms with Crippen molar-refractivity contribution in [3.63, 3.8) is 0 Å². The van der Waals surface area contributed by atoms with Gasteiger partial charge in [-0.05, 0) is 49.5 Å². The lowest BCUT2D eigenvalue weighted by atomic mass is 10.1. The smallest absolute Gasteiger partial charge is 0.256 e. The van der Waals surface area contributed by atoms with Gasteiger partial charge >= 0.3 is 0 Å². The summed E-state index contributed by atoms with van der Waals surface area (Å²) in [5.74, 6) is 2.04. The van der Waals surface area contributed by atoms with Gasteiger partial charge in [0.25, 0.3) is 5.91 Å². The molecule has 5 rings (SSSR count). The van der Waals surface area contributed by atoms with Crippen molar-refractivity contribution in [2.45, 2.75) is 38.3 Å². The van der Waals surface area contributed by atoms with E-state index in [9.17, 15) is 9.18 Å². The van der Waals surface area contributed by atoms with Crippen LogP contribution in [0.25, 0.3) is 10.8 Å². The van der Waals surface area contributed by atoms with Crippen LogP contribution in [0.5, 0.6) is 0 Å². The van der Waals surface area contributed by atoms with Crippen molar-refractivity contribution >= 4 is 29.0 Å². The van der Waals surface area contributed by atoms with Crippen LogP contribution in [-0.2, 0) is 6.54 Å². The Labute approximate surface area is 169 Å². The third-order valence-electron chi connectivity index (χ3n) is 5.18. The number of fused-ring (bicyclic) bond motifs is 1. The molecule has 0 unspecified atom stereocenters. The molecule has 0 radical (unpaired) electrons. The number of nitrogens with zero attached hydrogens (tertiary/aromatic N) is 6. The van der Waals surface area contributed by atoms with Crippen LogP contribution in [0.1, 0.15) is 53.7 Å². The molecule has 1 aliphatic carbocycles. The Morgan fingerprint density at radius 2 is 2.11 bits per heavy atom. The summed E-state index contributed by atoms with van der Waals surface area (Å²) >= 11 is 7.41. The molecule has 3 aromatic rings. The summed E-state index contributed by atoms with van der Waals surface area (Å²) in [7, 11) is 0. The van der Waals surface area contributed by atoms with Crippen molar-refractivity contribution in [1.29, 1.82) is 0 Å². The number of halogens is 2. The van der Waals surface area contributed by atoms with Crippen LogP contribution < -0.4 is 0 Å². The predicted molar refractivity (Wildman–Crippen MR) is 102 cm³/mol. The number of rotatable bonds is 3. The minimum atomic E-state index is -0.472. The van der Waals surface area contributed by atoms with Crippen LogP contribution >= 0.6 is 23.1 Å². The van der Waals surface area contributed by atoms with Crippen molar-refractivity contribution in [2.75, 3.05) is 6.54 Å². The number of hydrogen-bond donors (Lipinski definition) is 0. The van der Waals surface area contributed by atoms with Crippen LogP contribution in [0.4, 0.5) is 4.39 Å². The van der Waals surface area contributed by atoms with E-state index in [-0.39, 0.29) is 22.5 Å². The summed E-state index contributed by atoms with van der Waals surface area (Å²) in [6.07, 6.45) is 2.29. The maximum atomic E-state index is 13.3. The Hall–Kier alpha value is -2.39. The lowest BCUT2D eigenvalue weighted by Crippen LogP contribution is -2.41. The van der Waals surface area contributed by atoms with E-state index in [0.29, 0.717) is 30.7 Å². The van der Waals surface area contributed by atoms with Crippen molar-refractivity contribution in [2.24, 2.45) is 0 Å². The highest BCUT2D eigenvalue weighted by atomic mass is 35.5. The first-order chi connectivity index (χ1) is 13.5. The predicted octanol–water partition coefficient (Wildman–Crippen LogP) is 3.68. The molecule has 7 nitrogen and oxygen atoms in total. The van der Waals surface area contributed by atoms with Gasteiger partial charge in [0.1, 0.15) is 11.6 Å². The fourth-order valence-corrected chi connectivity index (χ4v) is 4.46. The third-order valence-corrected chi connectivity index (χ3v) is 6.22. The second-order valence-electron chi connectivity index (χ2n) is 7.06. The maximum Gasteiger partial charge on any atom is 0.256 e. The highest BCUT2D eigenvalue weighted by Gasteiger charge is 2.34. The summed E-state index contributed by atoms with van der Waals surface area (Å²) in [4.78, 5) is 19.3. The molecule has 0 spiro atoms. The second kappa shape index (κ2) is 6.59. The molecule has 0 saturated heterocycles. The molecule has 0 N–H and O–H groups in total. The zero-order valence-electron chi connectivity index (χ0n) is 15.0. The fraction of sp³-hybridized carbons (Fsp3) is 0.389. The highest BCUT2D eigenvalue weighted by molar-refractivity contribution is 7.09. The normalized spacial score (nSPS) is 19.0. The largest absolute Gasteiger partial charge is 0.327 e. The number of benzene rings is 1. The Morgan fingerprint density at radius 1 is 1.29 bits per heavy atom. The lowest BCUT2D eigenvalue weighted by Gasteiger charge is -2.33. The van der Waals surface area contributed by atoms with Crippen LogP contribution in [0, 0.1) is 5.82 Å². The van der Waals surface area contributed by atoms with Crippen molar-refractivity contribution in [1.82, 2.24) is 29.0 Å². The van der Waals surface area contributed by atoms with Gasteiger partial charge in [0.15, 0.2) is 16.7 Å². The molecule has 3 heterocycles. The first-order valence-corrected chi connectivity index (χ1v) is 10.2. The summed E-state index contributed by atoms with van der Waals surface area (Å²) < 4.78 is 19.7. The first kappa shape index (κ1) is 17.7. The summed E-state index contributed by atoms with van der Waals surface area (Å²) in [6.45, 7) is 2.92. The highest BCUT2D eigenvalue weighted by Crippen LogP contribution is 2.40. The van der Waals surface area contributed by atoms with Crippen LogP contribution in [-0.4, -0.2) is 41.5 Å². The minimum Gasteiger partial charge on any atom is -0.327 e. The molecule has 2 aliphatic rings. The van der Waals surface area contributed by atoms with E-state index in [0.717, 1.165) is 29.7 Å².